The van der Waals surface area contributed by atoms with Crippen molar-refractivity contribution in [2.45, 2.75) is 0 Å². The van der Waals surface area contributed by atoms with Crippen LogP contribution in [0.2, 0.25) is 5.02 Å². The normalized spacial score (nSPS) is 11.0. The Kier molecular flexibility index (Phi) is 3.28. The van der Waals surface area contributed by atoms with Gasteiger partial charge >= 0.3 is 0 Å². The number of nitrogen functional groups attached to an aromatic ring is 1. The quantitative estimate of drug-likeness (QED) is 0.503. The zero-order valence-corrected chi connectivity index (χ0v) is 12.9. The zero-order chi connectivity index (χ0) is 15.8. The number of nitrogens with zero attached hydrogens (tertiary/aromatic N) is 1. The van der Waals surface area contributed by atoms with Gasteiger partial charge in [-0.2, -0.15) is 0 Å². The lowest BCUT2D eigenvalue weighted by Crippen LogP contribution is -1.90. The number of hydrogen-bond donors (Lipinski definition) is 1. The van der Waals surface area contributed by atoms with Gasteiger partial charge in [0.1, 0.15) is 5.52 Å². The van der Waals surface area contributed by atoms with Crippen LogP contribution in [0.5, 0.6) is 0 Å². The summed E-state index contributed by atoms with van der Waals surface area (Å²) in [6, 6.07) is 21.1. The summed E-state index contributed by atoms with van der Waals surface area (Å²) in [6.07, 6.45) is 0. The van der Waals surface area contributed by atoms with Crippen molar-refractivity contribution in [3.8, 4) is 22.6 Å². The van der Waals surface area contributed by atoms with Gasteiger partial charge in [0, 0.05) is 27.4 Å². The highest BCUT2D eigenvalue weighted by Gasteiger charge is 2.14. The molecule has 0 atom stereocenters. The Morgan fingerprint density at radius 1 is 0.870 bits per heavy atom. The summed E-state index contributed by atoms with van der Waals surface area (Å²) >= 11 is 6.12. The molecule has 0 radical (unpaired) electrons. The topological polar surface area (TPSA) is 52.0 Å². The van der Waals surface area contributed by atoms with E-state index in [-0.39, 0.29) is 0 Å². The maximum Gasteiger partial charge on any atom is 0.227 e. The minimum atomic E-state index is 0.591. The van der Waals surface area contributed by atoms with Gasteiger partial charge in [-0.1, -0.05) is 41.9 Å². The van der Waals surface area contributed by atoms with Crippen LogP contribution in [-0.2, 0) is 0 Å². The number of anilines is 1. The van der Waals surface area contributed by atoms with Crippen molar-refractivity contribution in [1.82, 2.24) is 4.98 Å². The molecule has 112 valence electrons. The molecule has 1 heterocycles. The molecule has 0 bridgehead atoms. The van der Waals surface area contributed by atoms with E-state index >= 15 is 0 Å². The summed E-state index contributed by atoms with van der Waals surface area (Å²) in [7, 11) is 0. The van der Waals surface area contributed by atoms with E-state index in [1.54, 1.807) is 12.1 Å². The average Bonchev–Trinajstić information content (AvgIpc) is 3.02. The van der Waals surface area contributed by atoms with Gasteiger partial charge in [0.2, 0.25) is 5.89 Å². The number of aromatic nitrogens is 1. The Bertz CT molecular complexity index is 993. The highest BCUT2D eigenvalue weighted by atomic mass is 35.5. The molecule has 1 aromatic heterocycles. The first-order chi connectivity index (χ1) is 11.2. The van der Waals surface area contributed by atoms with Gasteiger partial charge in [-0.25, -0.2) is 4.98 Å². The maximum atomic E-state index is 6.12. The standard InChI is InChI=1S/C19H13ClN2O/c20-13-9-10-16(21)15(11-13)14-7-4-8-17-18(14)23-19(22-17)12-5-2-1-3-6-12/h1-11H,21H2. The molecule has 0 saturated heterocycles. The molecule has 3 nitrogen and oxygen atoms in total. The molecule has 2 N–H and O–H groups in total. The summed E-state index contributed by atoms with van der Waals surface area (Å²) in [5.74, 6) is 0.591. The molecule has 0 aliphatic rings. The molecule has 0 fully saturated rings. The fourth-order valence-electron chi connectivity index (χ4n) is 2.63. The number of fused-ring (bicyclic) bond motifs is 1. The molecule has 4 aromatic rings. The van der Waals surface area contributed by atoms with Crippen molar-refractivity contribution >= 4 is 28.4 Å². The molecule has 0 aliphatic heterocycles. The first-order valence-corrected chi connectivity index (χ1v) is 7.60. The summed E-state index contributed by atoms with van der Waals surface area (Å²) < 4.78 is 6.02. The zero-order valence-electron chi connectivity index (χ0n) is 12.2. The summed E-state index contributed by atoms with van der Waals surface area (Å²) in [6.45, 7) is 0. The van der Waals surface area contributed by atoms with Gasteiger partial charge < -0.3 is 10.2 Å². The fourth-order valence-corrected chi connectivity index (χ4v) is 2.80. The van der Waals surface area contributed by atoms with Crippen LogP contribution in [0.15, 0.2) is 71.1 Å². The van der Waals surface area contributed by atoms with Crippen LogP contribution >= 0.6 is 11.6 Å². The lowest BCUT2D eigenvalue weighted by atomic mass is 10.0. The molecule has 4 heteroatoms. The van der Waals surface area contributed by atoms with Crippen molar-refractivity contribution < 1.29 is 4.42 Å². The van der Waals surface area contributed by atoms with E-state index in [1.165, 1.54) is 0 Å². The Hall–Kier alpha value is -2.78. The van der Waals surface area contributed by atoms with Crippen LogP contribution in [0, 0.1) is 0 Å². The van der Waals surface area contributed by atoms with Gasteiger partial charge in [0.25, 0.3) is 0 Å². The van der Waals surface area contributed by atoms with E-state index in [4.69, 9.17) is 21.8 Å². The lowest BCUT2D eigenvalue weighted by Gasteiger charge is -2.06. The fraction of sp³-hybridized carbons (Fsp3) is 0. The number of para-hydroxylation sites is 1. The van der Waals surface area contributed by atoms with E-state index in [0.717, 1.165) is 22.2 Å². The Labute approximate surface area is 138 Å². The van der Waals surface area contributed by atoms with Crippen molar-refractivity contribution in [2.75, 3.05) is 5.73 Å². The van der Waals surface area contributed by atoms with Crippen LogP contribution in [-0.4, -0.2) is 4.98 Å². The summed E-state index contributed by atoms with van der Waals surface area (Å²) in [4.78, 5) is 4.58. The van der Waals surface area contributed by atoms with Crippen molar-refractivity contribution in [3.63, 3.8) is 0 Å². The Morgan fingerprint density at radius 3 is 2.52 bits per heavy atom. The minimum absolute atomic E-state index is 0.591. The third-order valence-electron chi connectivity index (χ3n) is 3.74. The van der Waals surface area contributed by atoms with Gasteiger partial charge in [-0.05, 0) is 36.4 Å². The molecule has 4 rings (SSSR count). The molecule has 23 heavy (non-hydrogen) atoms. The summed E-state index contributed by atoms with van der Waals surface area (Å²) in [5.41, 5.74) is 10.9. The number of hydrogen-bond acceptors (Lipinski definition) is 3. The molecule has 0 amide bonds. The van der Waals surface area contributed by atoms with Crippen LogP contribution in [0.4, 0.5) is 5.69 Å². The largest absolute Gasteiger partial charge is 0.435 e. The van der Waals surface area contributed by atoms with Crippen molar-refractivity contribution in [2.24, 2.45) is 0 Å². The number of nitrogens with two attached hydrogens (primary N) is 1. The molecule has 3 aromatic carbocycles. The van der Waals surface area contributed by atoms with Crippen molar-refractivity contribution in [1.29, 1.82) is 0 Å². The van der Waals surface area contributed by atoms with Gasteiger partial charge in [0.05, 0.1) is 0 Å². The van der Waals surface area contributed by atoms with E-state index in [2.05, 4.69) is 4.98 Å². The Morgan fingerprint density at radius 2 is 1.70 bits per heavy atom. The molecule has 0 spiro atoms. The maximum absolute atomic E-state index is 6.12. The van der Waals surface area contributed by atoms with Crippen LogP contribution in [0.3, 0.4) is 0 Å². The molecule has 0 unspecified atom stereocenters. The third kappa shape index (κ3) is 2.45. The van der Waals surface area contributed by atoms with Gasteiger partial charge in [-0.3, -0.25) is 0 Å². The molecular formula is C19H13ClN2O. The van der Waals surface area contributed by atoms with Gasteiger partial charge in [0.15, 0.2) is 5.58 Å². The summed E-state index contributed by atoms with van der Waals surface area (Å²) in [5, 5.41) is 0.633. The predicted molar refractivity (Wildman–Crippen MR) is 94.3 cm³/mol. The first kappa shape index (κ1) is 13.9. The second-order valence-corrected chi connectivity index (χ2v) is 5.71. The highest BCUT2D eigenvalue weighted by Crippen LogP contribution is 2.36. The minimum Gasteiger partial charge on any atom is -0.435 e. The third-order valence-corrected chi connectivity index (χ3v) is 3.98. The Balaban J connectivity index is 1.95. The number of halogens is 1. The van der Waals surface area contributed by atoms with Crippen LogP contribution in [0.1, 0.15) is 0 Å². The number of oxazole rings is 1. The van der Waals surface area contributed by atoms with E-state index in [9.17, 15) is 0 Å². The molecule has 0 aliphatic carbocycles. The SMILES string of the molecule is Nc1ccc(Cl)cc1-c1cccc2nc(-c3ccccc3)oc12. The first-order valence-electron chi connectivity index (χ1n) is 7.23. The van der Waals surface area contributed by atoms with Crippen LogP contribution < -0.4 is 5.73 Å². The monoisotopic (exact) mass is 320 g/mol. The number of benzene rings is 3. The molecule has 0 saturated carbocycles. The lowest BCUT2D eigenvalue weighted by molar-refractivity contribution is 0.621. The smallest absolute Gasteiger partial charge is 0.227 e. The van der Waals surface area contributed by atoms with E-state index < -0.39 is 0 Å². The second kappa shape index (κ2) is 5.45. The van der Waals surface area contributed by atoms with Crippen LogP contribution in [0.25, 0.3) is 33.7 Å². The molecular weight excluding hydrogens is 308 g/mol. The second-order valence-electron chi connectivity index (χ2n) is 5.27. The number of rotatable bonds is 2. The predicted octanol–water partition coefficient (Wildman–Crippen LogP) is 5.40. The average molecular weight is 321 g/mol. The van der Waals surface area contributed by atoms with Crippen molar-refractivity contribution in [3.05, 3.63) is 71.8 Å². The van der Waals surface area contributed by atoms with Gasteiger partial charge in [-0.15, -0.1) is 0 Å². The van der Waals surface area contributed by atoms with E-state index in [0.29, 0.717) is 22.2 Å². The van der Waals surface area contributed by atoms with E-state index in [1.807, 2.05) is 54.6 Å². The highest BCUT2D eigenvalue weighted by molar-refractivity contribution is 6.31.